The standard InChI is InChI=1S/C21H22N4O2S/c1-27-18-7-3-2-6-15(18)12-23-20(26)17-14-28-21(24-17)16-8-9-19(22-13-16)25-10-4-5-11-25/h2-3,6-9,13-14H,4-5,10-12H2,1H3,(H,23,26). The van der Waals surface area contributed by atoms with Crippen molar-refractivity contribution in [3.8, 4) is 16.3 Å². The van der Waals surface area contributed by atoms with Crippen molar-refractivity contribution in [2.45, 2.75) is 19.4 Å². The van der Waals surface area contributed by atoms with Crippen molar-refractivity contribution in [1.29, 1.82) is 0 Å². The number of carbonyl (C=O) groups excluding carboxylic acids is 1. The van der Waals surface area contributed by atoms with Gasteiger partial charge in [0.05, 0.1) is 7.11 Å². The van der Waals surface area contributed by atoms with Crippen LogP contribution in [0.3, 0.4) is 0 Å². The Bertz CT molecular complexity index is 949. The fourth-order valence-corrected chi connectivity index (χ4v) is 4.06. The number of ether oxygens (including phenoxy) is 1. The molecule has 0 aliphatic carbocycles. The van der Waals surface area contributed by atoms with Gasteiger partial charge in [0.2, 0.25) is 0 Å². The Morgan fingerprint density at radius 1 is 1.21 bits per heavy atom. The second-order valence-electron chi connectivity index (χ2n) is 6.63. The molecule has 1 amide bonds. The molecule has 1 saturated heterocycles. The van der Waals surface area contributed by atoms with Crippen molar-refractivity contribution in [3.63, 3.8) is 0 Å². The number of benzene rings is 1. The number of rotatable bonds is 6. The number of nitrogens with one attached hydrogen (secondary N) is 1. The molecule has 3 aromatic rings. The summed E-state index contributed by atoms with van der Waals surface area (Å²) in [4.78, 5) is 23.8. The Hall–Kier alpha value is -2.93. The second kappa shape index (κ2) is 8.39. The third-order valence-electron chi connectivity index (χ3n) is 4.79. The zero-order chi connectivity index (χ0) is 19.3. The lowest BCUT2D eigenvalue weighted by molar-refractivity contribution is 0.0946. The molecule has 0 bridgehead atoms. The molecular weight excluding hydrogens is 372 g/mol. The van der Waals surface area contributed by atoms with Gasteiger partial charge in [0.15, 0.2) is 0 Å². The van der Waals surface area contributed by atoms with E-state index in [0.29, 0.717) is 12.2 Å². The lowest BCUT2D eigenvalue weighted by Crippen LogP contribution is -2.23. The van der Waals surface area contributed by atoms with Crippen molar-refractivity contribution < 1.29 is 9.53 Å². The van der Waals surface area contributed by atoms with E-state index in [9.17, 15) is 4.79 Å². The number of aromatic nitrogens is 2. The zero-order valence-electron chi connectivity index (χ0n) is 15.7. The monoisotopic (exact) mass is 394 g/mol. The molecule has 1 aliphatic heterocycles. The first-order valence-electron chi connectivity index (χ1n) is 9.31. The van der Waals surface area contributed by atoms with E-state index in [1.54, 1.807) is 12.5 Å². The summed E-state index contributed by atoms with van der Waals surface area (Å²) in [5.41, 5.74) is 2.27. The molecule has 1 fully saturated rings. The van der Waals surface area contributed by atoms with Gasteiger partial charge in [-0.15, -0.1) is 11.3 Å². The lowest BCUT2D eigenvalue weighted by Gasteiger charge is -2.15. The second-order valence-corrected chi connectivity index (χ2v) is 7.49. The van der Waals surface area contributed by atoms with Crippen LogP contribution in [0.5, 0.6) is 5.75 Å². The van der Waals surface area contributed by atoms with E-state index in [4.69, 9.17) is 4.74 Å². The van der Waals surface area contributed by atoms with E-state index in [2.05, 4.69) is 20.2 Å². The molecule has 1 N–H and O–H groups in total. The molecule has 144 valence electrons. The van der Waals surface area contributed by atoms with Crippen molar-refractivity contribution >= 4 is 23.1 Å². The zero-order valence-corrected chi connectivity index (χ0v) is 16.5. The highest BCUT2D eigenvalue weighted by Crippen LogP contribution is 2.26. The summed E-state index contributed by atoms with van der Waals surface area (Å²) in [5.74, 6) is 1.56. The quantitative estimate of drug-likeness (QED) is 0.690. The average molecular weight is 395 g/mol. The molecule has 0 radical (unpaired) electrons. The fraction of sp³-hybridized carbons (Fsp3) is 0.286. The smallest absolute Gasteiger partial charge is 0.271 e. The van der Waals surface area contributed by atoms with Gasteiger partial charge in [0.1, 0.15) is 22.3 Å². The van der Waals surface area contributed by atoms with Gasteiger partial charge in [-0.3, -0.25) is 4.79 Å². The topological polar surface area (TPSA) is 67.3 Å². The number of nitrogens with zero attached hydrogens (tertiary/aromatic N) is 3. The first-order chi connectivity index (χ1) is 13.7. The van der Waals surface area contributed by atoms with Gasteiger partial charge in [0.25, 0.3) is 5.91 Å². The molecular formula is C21H22N4O2S. The molecule has 0 saturated carbocycles. The van der Waals surface area contributed by atoms with Crippen LogP contribution in [-0.2, 0) is 6.54 Å². The lowest BCUT2D eigenvalue weighted by atomic mass is 10.2. The number of methoxy groups -OCH3 is 1. The predicted molar refractivity (Wildman–Crippen MR) is 111 cm³/mol. The maximum Gasteiger partial charge on any atom is 0.271 e. The van der Waals surface area contributed by atoms with Crippen LogP contribution in [0.4, 0.5) is 5.82 Å². The first-order valence-corrected chi connectivity index (χ1v) is 10.2. The number of hydrogen-bond donors (Lipinski definition) is 1. The van der Waals surface area contributed by atoms with E-state index in [1.165, 1.54) is 24.2 Å². The molecule has 1 aromatic carbocycles. The van der Waals surface area contributed by atoms with Gasteiger partial charge < -0.3 is 15.0 Å². The van der Waals surface area contributed by atoms with Crippen molar-refractivity contribution in [1.82, 2.24) is 15.3 Å². The third kappa shape index (κ3) is 3.99. The Morgan fingerprint density at radius 2 is 2.04 bits per heavy atom. The first kappa shape index (κ1) is 18.4. The van der Waals surface area contributed by atoms with Gasteiger partial charge >= 0.3 is 0 Å². The normalized spacial score (nSPS) is 13.5. The summed E-state index contributed by atoms with van der Waals surface area (Å²) in [7, 11) is 1.62. The van der Waals surface area contributed by atoms with E-state index in [1.807, 2.05) is 42.6 Å². The Morgan fingerprint density at radius 3 is 2.79 bits per heavy atom. The summed E-state index contributed by atoms with van der Waals surface area (Å²) in [6.07, 6.45) is 4.29. The average Bonchev–Trinajstić information content (AvgIpc) is 3.44. The minimum Gasteiger partial charge on any atom is -0.496 e. The van der Waals surface area contributed by atoms with Crippen molar-refractivity contribution in [3.05, 3.63) is 59.2 Å². The van der Waals surface area contributed by atoms with Crippen LogP contribution < -0.4 is 15.0 Å². The number of hydrogen-bond acceptors (Lipinski definition) is 6. The maximum absolute atomic E-state index is 12.5. The number of carbonyl (C=O) groups is 1. The maximum atomic E-state index is 12.5. The van der Waals surface area contributed by atoms with Gasteiger partial charge in [0, 0.05) is 42.3 Å². The molecule has 4 rings (SSSR count). The van der Waals surface area contributed by atoms with Crippen LogP contribution >= 0.6 is 11.3 Å². The molecule has 0 atom stereocenters. The largest absolute Gasteiger partial charge is 0.496 e. The van der Waals surface area contributed by atoms with E-state index in [0.717, 1.165) is 40.8 Å². The Kier molecular flexibility index (Phi) is 5.53. The summed E-state index contributed by atoms with van der Waals surface area (Å²) < 4.78 is 5.32. The summed E-state index contributed by atoms with van der Waals surface area (Å²) in [6, 6.07) is 11.7. The number of para-hydroxylation sites is 1. The molecule has 2 aromatic heterocycles. The minimum absolute atomic E-state index is 0.199. The number of pyridine rings is 1. The molecule has 1 aliphatic rings. The molecule has 7 heteroatoms. The number of anilines is 1. The summed E-state index contributed by atoms with van der Waals surface area (Å²) in [6.45, 7) is 2.53. The fourth-order valence-electron chi connectivity index (χ4n) is 3.27. The van der Waals surface area contributed by atoms with Crippen molar-refractivity contribution in [2.75, 3.05) is 25.1 Å². The van der Waals surface area contributed by atoms with Crippen LogP contribution in [0.2, 0.25) is 0 Å². The van der Waals surface area contributed by atoms with Gasteiger partial charge in [-0.1, -0.05) is 18.2 Å². The van der Waals surface area contributed by atoms with Crippen LogP contribution in [0.15, 0.2) is 48.0 Å². The highest BCUT2D eigenvalue weighted by molar-refractivity contribution is 7.13. The van der Waals surface area contributed by atoms with Crippen LogP contribution in [0, 0.1) is 0 Å². The number of amides is 1. The SMILES string of the molecule is COc1ccccc1CNC(=O)c1csc(-c2ccc(N3CCCC3)nc2)n1. The Balaban J connectivity index is 1.41. The van der Waals surface area contributed by atoms with E-state index < -0.39 is 0 Å². The van der Waals surface area contributed by atoms with E-state index in [-0.39, 0.29) is 5.91 Å². The minimum atomic E-state index is -0.199. The summed E-state index contributed by atoms with van der Waals surface area (Å²) in [5, 5.41) is 5.48. The highest BCUT2D eigenvalue weighted by atomic mass is 32.1. The molecule has 6 nitrogen and oxygen atoms in total. The third-order valence-corrected chi connectivity index (χ3v) is 5.68. The molecule has 0 spiro atoms. The molecule has 3 heterocycles. The van der Waals surface area contributed by atoms with Gasteiger partial charge in [-0.05, 0) is 31.0 Å². The van der Waals surface area contributed by atoms with Crippen LogP contribution in [0.1, 0.15) is 28.9 Å². The van der Waals surface area contributed by atoms with Crippen LogP contribution in [0.25, 0.3) is 10.6 Å². The van der Waals surface area contributed by atoms with Crippen LogP contribution in [-0.4, -0.2) is 36.1 Å². The molecule has 0 unspecified atom stereocenters. The highest BCUT2D eigenvalue weighted by Gasteiger charge is 2.15. The van der Waals surface area contributed by atoms with E-state index >= 15 is 0 Å². The summed E-state index contributed by atoms with van der Waals surface area (Å²) >= 11 is 1.45. The van der Waals surface area contributed by atoms with Gasteiger partial charge in [-0.25, -0.2) is 9.97 Å². The Labute approximate surface area is 168 Å². The molecule has 28 heavy (non-hydrogen) atoms. The van der Waals surface area contributed by atoms with Crippen molar-refractivity contribution in [2.24, 2.45) is 0 Å². The predicted octanol–water partition coefficient (Wildman–Crippen LogP) is 3.74. The van der Waals surface area contributed by atoms with Gasteiger partial charge in [-0.2, -0.15) is 0 Å². The number of thiazole rings is 1.